The summed E-state index contributed by atoms with van der Waals surface area (Å²) in [6.07, 6.45) is 7.78. The van der Waals surface area contributed by atoms with E-state index in [1.807, 2.05) is 19.9 Å². The van der Waals surface area contributed by atoms with Crippen molar-refractivity contribution in [1.29, 1.82) is 0 Å². The molecule has 0 spiro atoms. The number of carbonyl (C=O) groups is 2. The van der Waals surface area contributed by atoms with Gasteiger partial charge in [-0.3, -0.25) is 9.59 Å². The zero-order valence-electron chi connectivity index (χ0n) is 14.4. The van der Waals surface area contributed by atoms with Crippen LogP contribution in [0.4, 0.5) is 0 Å². The van der Waals surface area contributed by atoms with Crippen LogP contribution in [0, 0.1) is 0 Å². The fourth-order valence-electron chi connectivity index (χ4n) is 3.25. The summed E-state index contributed by atoms with van der Waals surface area (Å²) in [7, 11) is 0. The third-order valence-electron chi connectivity index (χ3n) is 4.99. The number of amides is 2. The Labute approximate surface area is 138 Å². The number of carbonyl (C=O) groups excluding carboxylic acids is 2. The van der Waals surface area contributed by atoms with Crippen molar-refractivity contribution in [3.63, 3.8) is 0 Å². The molecule has 1 aliphatic carbocycles. The highest BCUT2D eigenvalue weighted by Crippen LogP contribution is 2.25. The van der Waals surface area contributed by atoms with Gasteiger partial charge in [-0.25, -0.2) is 0 Å². The predicted molar refractivity (Wildman–Crippen MR) is 88.6 cm³/mol. The second-order valence-corrected chi connectivity index (χ2v) is 6.62. The molecule has 0 aliphatic heterocycles. The molecule has 1 atom stereocenters. The van der Waals surface area contributed by atoms with Gasteiger partial charge in [0.1, 0.15) is 11.3 Å². The summed E-state index contributed by atoms with van der Waals surface area (Å²) in [6.45, 7) is 5.60. The molecule has 2 rings (SSSR count). The summed E-state index contributed by atoms with van der Waals surface area (Å²) in [4.78, 5) is 26.7. The first kappa shape index (κ1) is 17.6. The van der Waals surface area contributed by atoms with Crippen LogP contribution in [-0.4, -0.2) is 28.3 Å². The van der Waals surface area contributed by atoms with E-state index in [-0.39, 0.29) is 17.9 Å². The molecule has 1 heterocycles. The maximum atomic E-state index is 12.9. The molecule has 1 aromatic rings. The molecule has 1 saturated carbocycles. The van der Waals surface area contributed by atoms with E-state index in [1.54, 1.807) is 17.2 Å². The molecule has 5 heteroatoms. The van der Waals surface area contributed by atoms with E-state index < -0.39 is 5.54 Å². The number of nitrogens with one attached hydrogen (secondary N) is 1. The van der Waals surface area contributed by atoms with E-state index in [0.29, 0.717) is 18.7 Å². The lowest BCUT2D eigenvalue weighted by molar-refractivity contribution is -0.147. The Balaban J connectivity index is 2.13. The van der Waals surface area contributed by atoms with Crippen LogP contribution >= 0.6 is 0 Å². The average molecular weight is 320 g/mol. The second kappa shape index (κ2) is 7.66. The summed E-state index contributed by atoms with van der Waals surface area (Å²) in [5.41, 5.74) is -0.865. The van der Waals surface area contributed by atoms with Crippen LogP contribution in [0.2, 0.25) is 0 Å². The molecule has 0 saturated heterocycles. The SMILES string of the molecule is CC[C@](C)(C(=O)NC1CCCCC1)N(Cc1ccco1)C(C)=O. The summed E-state index contributed by atoms with van der Waals surface area (Å²) in [5, 5.41) is 3.16. The van der Waals surface area contributed by atoms with Gasteiger partial charge < -0.3 is 14.6 Å². The zero-order chi connectivity index (χ0) is 16.9. The first-order valence-electron chi connectivity index (χ1n) is 8.59. The molecular formula is C18H28N2O3. The van der Waals surface area contributed by atoms with Gasteiger partial charge in [-0.15, -0.1) is 0 Å². The molecule has 23 heavy (non-hydrogen) atoms. The lowest BCUT2D eigenvalue weighted by Crippen LogP contribution is -2.59. The van der Waals surface area contributed by atoms with Crippen LogP contribution < -0.4 is 5.32 Å². The first-order valence-corrected chi connectivity index (χ1v) is 8.59. The molecule has 5 nitrogen and oxygen atoms in total. The van der Waals surface area contributed by atoms with Gasteiger partial charge in [-0.1, -0.05) is 26.2 Å². The molecule has 128 valence electrons. The van der Waals surface area contributed by atoms with Crippen molar-refractivity contribution in [2.24, 2.45) is 0 Å². The van der Waals surface area contributed by atoms with Crippen LogP contribution in [0.3, 0.4) is 0 Å². The van der Waals surface area contributed by atoms with Crippen molar-refractivity contribution >= 4 is 11.8 Å². The van der Waals surface area contributed by atoms with Gasteiger partial charge in [0.25, 0.3) is 0 Å². The maximum absolute atomic E-state index is 12.9. The second-order valence-electron chi connectivity index (χ2n) is 6.62. The van der Waals surface area contributed by atoms with E-state index in [1.165, 1.54) is 13.3 Å². The van der Waals surface area contributed by atoms with Gasteiger partial charge in [0.15, 0.2) is 0 Å². The number of hydrogen-bond acceptors (Lipinski definition) is 3. The van der Waals surface area contributed by atoms with Gasteiger partial charge in [0.05, 0.1) is 12.8 Å². The Morgan fingerprint density at radius 2 is 2.04 bits per heavy atom. The van der Waals surface area contributed by atoms with E-state index in [0.717, 1.165) is 25.7 Å². The Kier molecular flexibility index (Phi) is 5.85. The van der Waals surface area contributed by atoms with Gasteiger partial charge >= 0.3 is 0 Å². The van der Waals surface area contributed by atoms with Crippen molar-refractivity contribution < 1.29 is 14.0 Å². The smallest absolute Gasteiger partial charge is 0.245 e. The molecule has 0 aromatic carbocycles. The standard InChI is InChI=1S/C18H28N2O3/c1-4-18(3,17(22)19-15-9-6-5-7-10-15)20(14(2)21)13-16-11-8-12-23-16/h8,11-12,15H,4-7,9-10,13H2,1-3H3,(H,19,22)/t18-/m1/s1. The van der Waals surface area contributed by atoms with Gasteiger partial charge in [0, 0.05) is 13.0 Å². The summed E-state index contributed by atoms with van der Waals surface area (Å²) < 4.78 is 5.36. The molecule has 1 N–H and O–H groups in total. The molecule has 2 amide bonds. The van der Waals surface area contributed by atoms with Crippen molar-refractivity contribution in [3.8, 4) is 0 Å². The summed E-state index contributed by atoms with van der Waals surface area (Å²) in [6, 6.07) is 3.85. The fourth-order valence-corrected chi connectivity index (χ4v) is 3.25. The van der Waals surface area contributed by atoms with Crippen LogP contribution in [0.1, 0.15) is 65.1 Å². The molecule has 1 aromatic heterocycles. The molecule has 0 bridgehead atoms. The zero-order valence-corrected chi connectivity index (χ0v) is 14.4. The monoisotopic (exact) mass is 320 g/mol. The Morgan fingerprint density at radius 3 is 2.57 bits per heavy atom. The van der Waals surface area contributed by atoms with Gasteiger partial charge in [-0.05, 0) is 38.3 Å². The number of nitrogens with zero attached hydrogens (tertiary/aromatic N) is 1. The quantitative estimate of drug-likeness (QED) is 0.875. The minimum absolute atomic E-state index is 0.0614. The predicted octanol–water partition coefficient (Wildman–Crippen LogP) is 3.25. The maximum Gasteiger partial charge on any atom is 0.245 e. The summed E-state index contributed by atoms with van der Waals surface area (Å²) in [5.74, 6) is 0.503. The fraction of sp³-hybridized carbons (Fsp3) is 0.667. The molecular weight excluding hydrogens is 292 g/mol. The van der Waals surface area contributed by atoms with Crippen LogP contribution in [0.5, 0.6) is 0 Å². The summed E-state index contributed by atoms with van der Waals surface area (Å²) >= 11 is 0. The van der Waals surface area contributed by atoms with E-state index >= 15 is 0 Å². The highest BCUT2D eigenvalue weighted by molar-refractivity contribution is 5.90. The van der Waals surface area contributed by atoms with Gasteiger partial charge in [0.2, 0.25) is 11.8 Å². The number of furan rings is 1. The molecule has 1 fully saturated rings. The highest BCUT2D eigenvalue weighted by Gasteiger charge is 2.40. The number of rotatable bonds is 6. The third-order valence-corrected chi connectivity index (χ3v) is 4.99. The number of hydrogen-bond donors (Lipinski definition) is 1. The van der Waals surface area contributed by atoms with Crippen LogP contribution in [0.25, 0.3) is 0 Å². The minimum atomic E-state index is -0.865. The van der Waals surface area contributed by atoms with E-state index in [9.17, 15) is 9.59 Å². The Hall–Kier alpha value is -1.78. The Morgan fingerprint density at radius 1 is 1.35 bits per heavy atom. The van der Waals surface area contributed by atoms with Gasteiger partial charge in [-0.2, -0.15) is 0 Å². The average Bonchev–Trinajstić information content (AvgIpc) is 3.05. The Bertz CT molecular complexity index is 520. The molecule has 0 unspecified atom stereocenters. The largest absolute Gasteiger partial charge is 0.467 e. The molecule has 0 radical (unpaired) electrons. The van der Waals surface area contributed by atoms with Crippen molar-refractivity contribution in [2.75, 3.05) is 0 Å². The lowest BCUT2D eigenvalue weighted by atomic mass is 9.91. The van der Waals surface area contributed by atoms with E-state index in [4.69, 9.17) is 4.42 Å². The van der Waals surface area contributed by atoms with Crippen molar-refractivity contribution in [2.45, 2.75) is 77.4 Å². The van der Waals surface area contributed by atoms with E-state index in [2.05, 4.69) is 5.32 Å². The van der Waals surface area contributed by atoms with Crippen LogP contribution in [0.15, 0.2) is 22.8 Å². The third kappa shape index (κ3) is 4.15. The lowest BCUT2D eigenvalue weighted by Gasteiger charge is -2.40. The first-order chi connectivity index (χ1) is 11.0. The highest BCUT2D eigenvalue weighted by atomic mass is 16.3. The van der Waals surface area contributed by atoms with Crippen molar-refractivity contribution in [3.05, 3.63) is 24.2 Å². The van der Waals surface area contributed by atoms with Crippen LogP contribution in [-0.2, 0) is 16.1 Å². The topological polar surface area (TPSA) is 62.6 Å². The normalized spacial score (nSPS) is 18.2. The van der Waals surface area contributed by atoms with Crippen molar-refractivity contribution in [1.82, 2.24) is 10.2 Å². The molecule has 1 aliphatic rings. The minimum Gasteiger partial charge on any atom is -0.467 e.